The highest BCUT2D eigenvalue weighted by Gasteiger charge is 2.27. The number of hydrogen-bond donors (Lipinski definition) is 2. The van der Waals surface area contributed by atoms with E-state index in [1.807, 2.05) is 12.3 Å². The molecule has 21 heavy (non-hydrogen) atoms. The summed E-state index contributed by atoms with van der Waals surface area (Å²) in [5.41, 5.74) is 0.820. The van der Waals surface area contributed by atoms with Crippen molar-refractivity contribution in [3.05, 3.63) is 15.8 Å². The average molecular weight is 332 g/mol. The lowest BCUT2D eigenvalue weighted by Gasteiger charge is -2.23. The molecular formula is C14H24N2O3S2. The van der Waals surface area contributed by atoms with E-state index in [9.17, 15) is 8.42 Å². The van der Waals surface area contributed by atoms with Crippen molar-refractivity contribution < 1.29 is 13.2 Å². The Morgan fingerprint density at radius 1 is 1.38 bits per heavy atom. The lowest BCUT2D eigenvalue weighted by molar-refractivity contribution is 0.0832. The summed E-state index contributed by atoms with van der Waals surface area (Å²) >= 11 is 1.50. The third-order valence-corrected chi connectivity index (χ3v) is 6.46. The molecule has 0 bridgehead atoms. The Morgan fingerprint density at radius 2 is 2.05 bits per heavy atom. The lowest BCUT2D eigenvalue weighted by atomic mass is 10.1. The van der Waals surface area contributed by atoms with Crippen molar-refractivity contribution in [3.63, 3.8) is 0 Å². The maximum absolute atomic E-state index is 12.7. The van der Waals surface area contributed by atoms with Crippen LogP contribution in [0.4, 0.5) is 0 Å². The van der Waals surface area contributed by atoms with Crippen LogP contribution in [0.15, 0.2) is 10.3 Å². The van der Waals surface area contributed by atoms with E-state index < -0.39 is 10.0 Å². The molecule has 0 amide bonds. The number of ether oxygens (including phenoxy) is 1. The summed E-state index contributed by atoms with van der Waals surface area (Å²) in [7, 11) is -3.46. The van der Waals surface area contributed by atoms with Gasteiger partial charge in [-0.2, -0.15) is 0 Å². The largest absolute Gasteiger partial charge is 0.381 e. The van der Waals surface area contributed by atoms with Crippen molar-refractivity contribution >= 4 is 21.4 Å². The number of hydrogen-bond acceptors (Lipinski definition) is 5. The van der Waals surface area contributed by atoms with Gasteiger partial charge in [0.25, 0.3) is 0 Å². The minimum Gasteiger partial charge on any atom is -0.381 e. The van der Waals surface area contributed by atoms with Gasteiger partial charge in [0.1, 0.15) is 4.90 Å². The molecule has 120 valence electrons. The van der Waals surface area contributed by atoms with Gasteiger partial charge >= 0.3 is 0 Å². The van der Waals surface area contributed by atoms with Gasteiger partial charge in [-0.15, -0.1) is 11.3 Å². The monoisotopic (exact) mass is 332 g/mol. The molecule has 1 aliphatic rings. The van der Waals surface area contributed by atoms with E-state index in [1.54, 1.807) is 0 Å². The molecule has 2 heterocycles. The molecule has 2 rings (SSSR count). The van der Waals surface area contributed by atoms with Crippen LogP contribution in [0.5, 0.6) is 0 Å². The molecule has 7 heteroatoms. The molecule has 0 atom stereocenters. The van der Waals surface area contributed by atoms with Gasteiger partial charge < -0.3 is 10.1 Å². The second-order valence-corrected chi connectivity index (χ2v) is 8.33. The van der Waals surface area contributed by atoms with Crippen LogP contribution in [-0.2, 0) is 21.3 Å². The molecule has 5 nitrogen and oxygen atoms in total. The molecule has 0 radical (unpaired) electrons. The van der Waals surface area contributed by atoms with Crippen molar-refractivity contribution in [2.24, 2.45) is 0 Å². The van der Waals surface area contributed by atoms with Crippen LogP contribution in [-0.4, -0.2) is 33.7 Å². The zero-order chi connectivity index (χ0) is 15.5. The fourth-order valence-electron chi connectivity index (χ4n) is 2.36. The summed E-state index contributed by atoms with van der Waals surface area (Å²) < 4.78 is 33.5. The second-order valence-electron chi connectivity index (χ2n) is 5.71. The molecule has 0 aliphatic carbocycles. The van der Waals surface area contributed by atoms with Gasteiger partial charge in [0.15, 0.2) is 0 Å². The minimum atomic E-state index is -3.46. The second kappa shape index (κ2) is 7.19. The van der Waals surface area contributed by atoms with Crippen LogP contribution in [0.2, 0.25) is 0 Å². The van der Waals surface area contributed by atoms with Gasteiger partial charge in [0, 0.05) is 36.7 Å². The van der Waals surface area contributed by atoms with Gasteiger partial charge in [-0.05, 0) is 30.7 Å². The summed E-state index contributed by atoms with van der Waals surface area (Å²) in [6.45, 7) is 7.78. The smallest absolute Gasteiger partial charge is 0.242 e. The zero-order valence-corrected chi connectivity index (χ0v) is 14.4. The first kappa shape index (κ1) is 16.9. The van der Waals surface area contributed by atoms with Gasteiger partial charge in [-0.25, -0.2) is 13.1 Å². The van der Waals surface area contributed by atoms with E-state index >= 15 is 0 Å². The van der Waals surface area contributed by atoms with Crippen molar-refractivity contribution in [1.29, 1.82) is 0 Å². The first-order valence-corrected chi connectivity index (χ1v) is 9.67. The molecule has 1 aliphatic heterocycles. The summed E-state index contributed by atoms with van der Waals surface area (Å²) in [6.07, 6.45) is 1.48. The molecule has 1 saturated heterocycles. The third kappa shape index (κ3) is 4.50. The third-order valence-electron chi connectivity index (χ3n) is 3.47. The highest BCUT2D eigenvalue weighted by atomic mass is 32.2. The number of thiophene rings is 1. The minimum absolute atomic E-state index is 0.0195. The van der Waals surface area contributed by atoms with Gasteiger partial charge in [-0.1, -0.05) is 13.8 Å². The Kier molecular flexibility index (Phi) is 5.79. The summed E-state index contributed by atoms with van der Waals surface area (Å²) in [6, 6.07) is 0.306. The Morgan fingerprint density at radius 3 is 2.67 bits per heavy atom. The van der Waals surface area contributed by atoms with Crippen molar-refractivity contribution in [3.8, 4) is 0 Å². The SMILES string of the molecule is Cc1csc(CNC(C)C)c1S(=O)(=O)NC1CCOCC1. The molecule has 1 aromatic heterocycles. The number of sulfonamides is 1. The quantitative estimate of drug-likeness (QED) is 0.836. The molecule has 2 N–H and O–H groups in total. The van der Waals surface area contributed by atoms with Crippen LogP contribution in [0.3, 0.4) is 0 Å². The fraction of sp³-hybridized carbons (Fsp3) is 0.714. The predicted octanol–water partition coefficient (Wildman–Crippen LogP) is 2.01. The average Bonchev–Trinajstić information content (AvgIpc) is 2.79. The highest BCUT2D eigenvalue weighted by Crippen LogP contribution is 2.27. The van der Waals surface area contributed by atoms with E-state index in [2.05, 4.69) is 23.9 Å². The Bertz CT molecular complexity index is 561. The number of aryl methyl sites for hydroxylation is 1. The van der Waals surface area contributed by atoms with Gasteiger partial charge in [0.2, 0.25) is 10.0 Å². The number of nitrogens with one attached hydrogen (secondary N) is 2. The van der Waals surface area contributed by atoms with Crippen molar-refractivity contribution in [1.82, 2.24) is 10.0 Å². The van der Waals surface area contributed by atoms with E-state index in [1.165, 1.54) is 11.3 Å². The van der Waals surface area contributed by atoms with Crippen molar-refractivity contribution in [2.75, 3.05) is 13.2 Å². The Hall–Kier alpha value is -0.470. The van der Waals surface area contributed by atoms with Crippen LogP contribution >= 0.6 is 11.3 Å². The first-order chi connectivity index (χ1) is 9.90. The summed E-state index contributed by atoms with van der Waals surface area (Å²) in [5.74, 6) is 0. The topological polar surface area (TPSA) is 67.4 Å². The summed E-state index contributed by atoms with van der Waals surface area (Å²) in [4.78, 5) is 1.33. The number of rotatable bonds is 6. The van der Waals surface area contributed by atoms with E-state index in [0.717, 1.165) is 23.3 Å². The summed E-state index contributed by atoms with van der Waals surface area (Å²) in [5, 5.41) is 5.20. The van der Waals surface area contributed by atoms with Crippen LogP contribution < -0.4 is 10.0 Å². The maximum atomic E-state index is 12.7. The molecule has 0 spiro atoms. The van der Waals surface area contributed by atoms with Gasteiger partial charge in [-0.3, -0.25) is 0 Å². The molecule has 0 unspecified atom stereocenters. The molecule has 0 aromatic carbocycles. The van der Waals surface area contributed by atoms with Crippen LogP contribution in [0.1, 0.15) is 37.1 Å². The van der Waals surface area contributed by atoms with Gasteiger partial charge in [0.05, 0.1) is 0 Å². The van der Waals surface area contributed by atoms with Crippen LogP contribution in [0.25, 0.3) is 0 Å². The standard InChI is InChI=1S/C14H24N2O3S2/c1-10(2)15-8-13-14(11(3)9-20-13)21(17,18)16-12-4-6-19-7-5-12/h9-10,12,15-16H,4-8H2,1-3H3. The molecule has 1 aromatic rings. The normalized spacial score (nSPS) is 17.5. The van der Waals surface area contributed by atoms with Crippen molar-refractivity contribution in [2.45, 2.75) is 57.1 Å². The molecule has 1 fully saturated rings. The van der Waals surface area contributed by atoms with Crippen LogP contribution in [0, 0.1) is 6.92 Å². The fourth-order valence-corrected chi connectivity index (χ4v) is 5.43. The highest BCUT2D eigenvalue weighted by molar-refractivity contribution is 7.89. The lowest BCUT2D eigenvalue weighted by Crippen LogP contribution is -2.39. The zero-order valence-electron chi connectivity index (χ0n) is 12.8. The Labute approximate surface area is 131 Å². The van der Waals surface area contributed by atoms with E-state index in [-0.39, 0.29) is 6.04 Å². The van der Waals surface area contributed by atoms with E-state index in [4.69, 9.17) is 4.74 Å². The molecular weight excluding hydrogens is 308 g/mol. The maximum Gasteiger partial charge on any atom is 0.242 e. The first-order valence-electron chi connectivity index (χ1n) is 7.30. The van der Waals surface area contributed by atoms with E-state index in [0.29, 0.717) is 30.7 Å². The Balaban J connectivity index is 2.16. The predicted molar refractivity (Wildman–Crippen MR) is 85.2 cm³/mol. The molecule has 0 saturated carbocycles.